The summed E-state index contributed by atoms with van der Waals surface area (Å²) in [5, 5.41) is 10.1. The van der Waals surface area contributed by atoms with Crippen LogP contribution in [0.3, 0.4) is 0 Å². The van der Waals surface area contributed by atoms with Gasteiger partial charge in [0.25, 0.3) is 0 Å². The average Bonchev–Trinajstić information content (AvgIpc) is 2.75. The maximum atomic E-state index is 5.95. The fourth-order valence-electron chi connectivity index (χ4n) is 2.81. The lowest BCUT2D eigenvalue weighted by atomic mass is 10.1. The van der Waals surface area contributed by atoms with Crippen LogP contribution in [-0.2, 0) is 11.3 Å². The SMILES string of the molecule is CN=C(NCCCNc1ccccc1)NCc1ccc(C)cc1OCCCOC. The van der Waals surface area contributed by atoms with Gasteiger partial charge in [-0.2, -0.15) is 0 Å². The second kappa shape index (κ2) is 13.4. The molecule has 6 heteroatoms. The minimum atomic E-state index is 0.645. The summed E-state index contributed by atoms with van der Waals surface area (Å²) >= 11 is 0. The third-order valence-electron chi connectivity index (χ3n) is 4.39. The zero-order valence-electron chi connectivity index (χ0n) is 17.8. The maximum Gasteiger partial charge on any atom is 0.191 e. The van der Waals surface area contributed by atoms with E-state index < -0.39 is 0 Å². The van der Waals surface area contributed by atoms with E-state index in [0.29, 0.717) is 19.8 Å². The number of rotatable bonds is 12. The number of benzene rings is 2. The fraction of sp³-hybridized carbons (Fsp3) is 0.435. The molecule has 0 saturated heterocycles. The number of nitrogens with zero attached hydrogens (tertiary/aromatic N) is 1. The number of hydrogen-bond acceptors (Lipinski definition) is 4. The van der Waals surface area contributed by atoms with E-state index in [4.69, 9.17) is 9.47 Å². The molecule has 0 bridgehead atoms. The smallest absolute Gasteiger partial charge is 0.191 e. The Balaban J connectivity index is 1.73. The second-order valence-electron chi connectivity index (χ2n) is 6.80. The Hall–Kier alpha value is -2.73. The first-order valence-electron chi connectivity index (χ1n) is 10.2. The van der Waals surface area contributed by atoms with Gasteiger partial charge in [-0.1, -0.05) is 30.3 Å². The van der Waals surface area contributed by atoms with Gasteiger partial charge in [0.1, 0.15) is 5.75 Å². The molecule has 0 aromatic heterocycles. The van der Waals surface area contributed by atoms with Crippen LogP contribution in [0.4, 0.5) is 5.69 Å². The third-order valence-corrected chi connectivity index (χ3v) is 4.39. The van der Waals surface area contributed by atoms with Crippen molar-refractivity contribution in [2.75, 3.05) is 45.8 Å². The highest BCUT2D eigenvalue weighted by Gasteiger charge is 2.06. The lowest BCUT2D eigenvalue weighted by Gasteiger charge is -2.15. The van der Waals surface area contributed by atoms with Crippen LogP contribution in [0.5, 0.6) is 5.75 Å². The molecule has 0 unspecified atom stereocenters. The van der Waals surface area contributed by atoms with Gasteiger partial charge in [0.05, 0.1) is 6.61 Å². The molecule has 2 aromatic rings. The van der Waals surface area contributed by atoms with Crippen molar-refractivity contribution in [2.24, 2.45) is 4.99 Å². The predicted octanol–water partition coefficient (Wildman–Crippen LogP) is 3.58. The molecule has 0 aliphatic rings. The van der Waals surface area contributed by atoms with Gasteiger partial charge < -0.3 is 25.4 Å². The highest BCUT2D eigenvalue weighted by atomic mass is 16.5. The van der Waals surface area contributed by atoms with Crippen LogP contribution in [-0.4, -0.2) is 46.4 Å². The Morgan fingerprint density at radius 3 is 2.55 bits per heavy atom. The minimum absolute atomic E-state index is 0.645. The van der Waals surface area contributed by atoms with Crippen LogP contribution in [0, 0.1) is 6.92 Å². The summed E-state index contributed by atoms with van der Waals surface area (Å²) in [6, 6.07) is 16.5. The molecule has 0 heterocycles. The molecule has 6 nitrogen and oxygen atoms in total. The number of guanidine groups is 1. The lowest BCUT2D eigenvalue weighted by Crippen LogP contribution is -2.37. The van der Waals surface area contributed by atoms with Crippen LogP contribution in [0.25, 0.3) is 0 Å². The molecule has 3 N–H and O–H groups in total. The standard InChI is InChI=1S/C23H34N4O2/c1-19-11-12-20(22(17-19)29-16-8-15-28-3)18-27-23(24-2)26-14-7-13-25-21-9-5-4-6-10-21/h4-6,9-12,17,25H,7-8,13-16,18H2,1-3H3,(H2,24,26,27). The van der Waals surface area contributed by atoms with Gasteiger partial charge in [0, 0.05) is 58.1 Å². The van der Waals surface area contributed by atoms with Crippen molar-refractivity contribution in [1.82, 2.24) is 10.6 Å². The Labute approximate surface area is 174 Å². The fourth-order valence-corrected chi connectivity index (χ4v) is 2.81. The van der Waals surface area contributed by atoms with Crippen molar-refractivity contribution >= 4 is 11.6 Å². The van der Waals surface area contributed by atoms with Gasteiger partial charge in [-0.15, -0.1) is 0 Å². The molecular formula is C23H34N4O2. The second-order valence-corrected chi connectivity index (χ2v) is 6.80. The van der Waals surface area contributed by atoms with Crippen LogP contribution < -0.4 is 20.7 Å². The summed E-state index contributed by atoms with van der Waals surface area (Å²) in [6.07, 6.45) is 1.87. The summed E-state index contributed by atoms with van der Waals surface area (Å²) < 4.78 is 11.0. The van der Waals surface area contributed by atoms with Crippen LogP contribution in [0.2, 0.25) is 0 Å². The molecule has 0 saturated carbocycles. The summed E-state index contributed by atoms with van der Waals surface area (Å²) in [5.41, 5.74) is 3.44. The molecule has 0 aliphatic carbocycles. The molecule has 2 rings (SSSR count). The number of nitrogens with one attached hydrogen (secondary N) is 3. The number of methoxy groups -OCH3 is 1. The Bertz CT molecular complexity index is 735. The Morgan fingerprint density at radius 2 is 1.79 bits per heavy atom. The zero-order valence-corrected chi connectivity index (χ0v) is 17.8. The Kier molecular flexibility index (Phi) is 10.5. The predicted molar refractivity (Wildman–Crippen MR) is 121 cm³/mol. The molecule has 2 aromatic carbocycles. The summed E-state index contributed by atoms with van der Waals surface area (Å²) in [5.74, 6) is 1.70. The topological polar surface area (TPSA) is 66.9 Å². The monoisotopic (exact) mass is 398 g/mol. The molecule has 29 heavy (non-hydrogen) atoms. The van der Waals surface area contributed by atoms with Gasteiger partial charge in [-0.05, 0) is 37.1 Å². The number of aryl methyl sites for hydroxylation is 1. The van der Waals surface area contributed by atoms with Gasteiger partial charge in [0.15, 0.2) is 5.96 Å². The molecule has 0 spiro atoms. The summed E-state index contributed by atoms with van der Waals surface area (Å²) in [6.45, 7) is 5.82. The van der Waals surface area contributed by atoms with Crippen molar-refractivity contribution in [3.63, 3.8) is 0 Å². The Morgan fingerprint density at radius 1 is 0.966 bits per heavy atom. The normalized spacial score (nSPS) is 11.2. The van der Waals surface area contributed by atoms with Crippen LogP contribution in [0.15, 0.2) is 53.5 Å². The van der Waals surface area contributed by atoms with E-state index in [1.165, 1.54) is 5.56 Å². The first-order valence-corrected chi connectivity index (χ1v) is 10.2. The first kappa shape index (κ1) is 22.6. The van der Waals surface area contributed by atoms with Gasteiger partial charge in [-0.3, -0.25) is 4.99 Å². The van der Waals surface area contributed by atoms with Crippen LogP contribution >= 0.6 is 0 Å². The van der Waals surface area contributed by atoms with Crippen molar-refractivity contribution in [3.8, 4) is 5.75 Å². The highest BCUT2D eigenvalue weighted by molar-refractivity contribution is 5.79. The number of aliphatic imine (C=N–C) groups is 1. The molecule has 0 radical (unpaired) electrons. The zero-order chi connectivity index (χ0) is 20.7. The molecule has 158 valence electrons. The minimum Gasteiger partial charge on any atom is -0.493 e. The number of anilines is 1. The molecular weight excluding hydrogens is 364 g/mol. The van der Waals surface area contributed by atoms with Crippen molar-refractivity contribution < 1.29 is 9.47 Å². The number of para-hydroxylation sites is 1. The summed E-state index contributed by atoms with van der Waals surface area (Å²) in [7, 11) is 3.49. The van der Waals surface area contributed by atoms with E-state index in [-0.39, 0.29) is 0 Å². The largest absolute Gasteiger partial charge is 0.493 e. The summed E-state index contributed by atoms with van der Waals surface area (Å²) in [4.78, 5) is 4.31. The van der Waals surface area contributed by atoms with E-state index in [1.54, 1.807) is 14.2 Å². The quantitative estimate of drug-likeness (QED) is 0.290. The molecule has 0 fully saturated rings. The average molecular weight is 399 g/mol. The molecule has 0 amide bonds. The molecule has 0 aliphatic heterocycles. The van der Waals surface area contributed by atoms with Crippen molar-refractivity contribution in [3.05, 3.63) is 59.7 Å². The van der Waals surface area contributed by atoms with Gasteiger partial charge >= 0.3 is 0 Å². The molecule has 0 atom stereocenters. The van der Waals surface area contributed by atoms with E-state index in [9.17, 15) is 0 Å². The number of hydrogen-bond donors (Lipinski definition) is 3. The third kappa shape index (κ3) is 8.87. The van der Waals surface area contributed by atoms with E-state index in [0.717, 1.165) is 48.9 Å². The van der Waals surface area contributed by atoms with E-state index in [2.05, 4.69) is 58.2 Å². The first-order chi connectivity index (χ1) is 14.2. The van der Waals surface area contributed by atoms with Crippen LogP contribution in [0.1, 0.15) is 24.0 Å². The van der Waals surface area contributed by atoms with E-state index >= 15 is 0 Å². The van der Waals surface area contributed by atoms with Crippen molar-refractivity contribution in [2.45, 2.75) is 26.3 Å². The van der Waals surface area contributed by atoms with Gasteiger partial charge in [0.2, 0.25) is 0 Å². The van der Waals surface area contributed by atoms with Gasteiger partial charge in [-0.25, -0.2) is 0 Å². The lowest BCUT2D eigenvalue weighted by molar-refractivity contribution is 0.172. The van der Waals surface area contributed by atoms with E-state index in [1.807, 2.05) is 18.2 Å². The number of ether oxygens (including phenoxy) is 2. The highest BCUT2D eigenvalue weighted by Crippen LogP contribution is 2.20. The van der Waals surface area contributed by atoms with Crippen molar-refractivity contribution in [1.29, 1.82) is 0 Å². The maximum absolute atomic E-state index is 5.95.